The van der Waals surface area contributed by atoms with Gasteiger partial charge in [0, 0.05) is 11.5 Å². The summed E-state index contributed by atoms with van der Waals surface area (Å²) < 4.78 is 10.9. The number of carbonyl (C=O) groups excluding carboxylic acids is 1. The molecule has 0 bridgehead atoms. The third-order valence-corrected chi connectivity index (χ3v) is 5.16. The van der Waals surface area contributed by atoms with Crippen LogP contribution in [0.4, 0.5) is 6.01 Å². The lowest BCUT2D eigenvalue weighted by atomic mass is 9.89. The highest BCUT2D eigenvalue weighted by atomic mass is 35.5. The number of rotatable bonds is 4. The molecule has 0 aliphatic heterocycles. The van der Waals surface area contributed by atoms with E-state index in [1.54, 1.807) is 19.1 Å². The zero-order valence-corrected chi connectivity index (χ0v) is 15.6. The van der Waals surface area contributed by atoms with E-state index in [-0.39, 0.29) is 11.9 Å². The monoisotopic (exact) mass is 386 g/mol. The topological polar surface area (TPSA) is 94.1 Å². The molecule has 140 valence electrons. The molecule has 1 aliphatic rings. The van der Waals surface area contributed by atoms with Crippen LogP contribution in [0.5, 0.6) is 0 Å². The summed E-state index contributed by atoms with van der Waals surface area (Å²) in [6, 6.07) is 7.22. The van der Waals surface area contributed by atoms with Crippen LogP contribution in [0, 0.1) is 6.92 Å². The number of hydrogen-bond donors (Lipinski definition) is 1. The van der Waals surface area contributed by atoms with Gasteiger partial charge >= 0.3 is 6.01 Å². The van der Waals surface area contributed by atoms with E-state index >= 15 is 0 Å². The molecule has 27 heavy (non-hydrogen) atoms. The Hall–Kier alpha value is -2.67. The zero-order valence-electron chi connectivity index (χ0n) is 14.9. The summed E-state index contributed by atoms with van der Waals surface area (Å²) in [5, 5.41) is 15.2. The molecular weight excluding hydrogens is 368 g/mol. The Kier molecular flexibility index (Phi) is 4.94. The average Bonchev–Trinajstić information content (AvgIpc) is 3.29. The van der Waals surface area contributed by atoms with E-state index in [0.717, 1.165) is 25.7 Å². The molecule has 8 heteroatoms. The number of halogens is 1. The van der Waals surface area contributed by atoms with Crippen LogP contribution in [0.1, 0.15) is 60.0 Å². The molecule has 2 aromatic heterocycles. The van der Waals surface area contributed by atoms with Crippen molar-refractivity contribution in [3.8, 4) is 11.3 Å². The van der Waals surface area contributed by atoms with Crippen LogP contribution in [0.25, 0.3) is 11.3 Å². The summed E-state index contributed by atoms with van der Waals surface area (Å²) in [6.45, 7) is 1.67. The quantitative estimate of drug-likeness (QED) is 0.679. The summed E-state index contributed by atoms with van der Waals surface area (Å²) >= 11 is 6.24. The van der Waals surface area contributed by atoms with Crippen molar-refractivity contribution in [1.82, 2.24) is 15.4 Å². The Labute approximate surface area is 161 Å². The second kappa shape index (κ2) is 7.52. The molecule has 1 N–H and O–H groups in total. The van der Waals surface area contributed by atoms with Crippen molar-refractivity contribution in [2.45, 2.75) is 44.9 Å². The molecule has 0 unspecified atom stereocenters. The Morgan fingerprint density at radius 1 is 1.19 bits per heavy atom. The molecule has 0 atom stereocenters. The van der Waals surface area contributed by atoms with Crippen LogP contribution >= 0.6 is 11.6 Å². The molecular formula is C19H19ClN4O3. The lowest BCUT2D eigenvalue weighted by molar-refractivity contribution is 0.102. The van der Waals surface area contributed by atoms with Crippen LogP contribution in [0.15, 0.2) is 33.2 Å². The number of carbonyl (C=O) groups is 1. The smallest absolute Gasteiger partial charge is 0.322 e. The maximum atomic E-state index is 12.8. The molecule has 0 spiro atoms. The van der Waals surface area contributed by atoms with Gasteiger partial charge in [-0.2, -0.15) is 0 Å². The highest BCUT2D eigenvalue weighted by Gasteiger charge is 2.26. The van der Waals surface area contributed by atoms with Gasteiger partial charge in [-0.1, -0.05) is 59.3 Å². The highest BCUT2D eigenvalue weighted by molar-refractivity contribution is 6.33. The number of amides is 1. The summed E-state index contributed by atoms with van der Waals surface area (Å²) in [6.07, 6.45) is 5.64. The molecule has 3 aromatic rings. The molecule has 1 aromatic carbocycles. The van der Waals surface area contributed by atoms with Crippen LogP contribution in [0.2, 0.25) is 5.02 Å². The largest absolute Gasteiger partial charge is 0.408 e. The van der Waals surface area contributed by atoms with Gasteiger partial charge in [0.15, 0.2) is 0 Å². The molecule has 4 rings (SSSR count). The van der Waals surface area contributed by atoms with E-state index in [4.69, 9.17) is 20.5 Å². The molecule has 1 fully saturated rings. The van der Waals surface area contributed by atoms with E-state index in [1.807, 2.05) is 12.1 Å². The van der Waals surface area contributed by atoms with E-state index in [2.05, 4.69) is 20.7 Å². The van der Waals surface area contributed by atoms with Gasteiger partial charge in [0.05, 0.1) is 5.02 Å². The first-order valence-electron chi connectivity index (χ1n) is 8.99. The summed E-state index contributed by atoms with van der Waals surface area (Å²) in [4.78, 5) is 12.8. The van der Waals surface area contributed by atoms with Gasteiger partial charge < -0.3 is 8.94 Å². The summed E-state index contributed by atoms with van der Waals surface area (Å²) in [5.74, 6) is 0.809. The van der Waals surface area contributed by atoms with Crippen molar-refractivity contribution >= 4 is 23.5 Å². The zero-order chi connectivity index (χ0) is 18.8. The number of aromatic nitrogens is 3. The highest BCUT2D eigenvalue weighted by Crippen LogP contribution is 2.33. The maximum Gasteiger partial charge on any atom is 0.322 e. The fourth-order valence-corrected chi connectivity index (χ4v) is 3.66. The van der Waals surface area contributed by atoms with Crippen LogP contribution in [-0.2, 0) is 0 Å². The summed E-state index contributed by atoms with van der Waals surface area (Å²) in [7, 11) is 0. The predicted molar refractivity (Wildman–Crippen MR) is 99.8 cm³/mol. The minimum Gasteiger partial charge on any atom is -0.408 e. The molecule has 1 saturated carbocycles. The van der Waals surface area contributed by atoms with Crippen molar-refractivity contribution in [1.29, 1.82) is 0 Å². The molecule has 0 saturated heterocycles. The van der Waals surface area contributed by atoms with E-state index in [9.17, 15) is 4.79 Å². The van der Waals surface area contributed by atoms with E-state index in [0.29, 0.717) is 33.5 Å². The number of benzene rings is 1. The van der Waals surface area contributed by atoms with Crippen LogP contribution < -0.4 is 5.32 Å². The van der Waals surface area contributed by atoms with Gasteiger partial charge in [0.25, 0.3) is 5.91 Å². The standard InChI is InChI=1S/C19H19ClN4O3/c1-11-15(16(24-27-11)13-9-5-6-10-14(13)20)17(25)21-19-23-22-18(26-19)12-7-3-2-4-8-12/h5-6,9-10,12H,2-4,7-8H2,1H3,(H,21,23,25). The van der Waals surface area contributed by atoms with Gasteiger partial charge in [-0.3, -0.25) is 10.1 Å². The number of anilines is 1. The molecule has 1 aliphatic carbocycles. The second-order valence-corrected chi connectivity index (χ2v) is 7.08. The summed E-state index contributed by atoms with van der Waals surface area (Å²) in [5.41, 5.74) is 1.29. The van der Waals surface area contributed by atoms with Crippen molar-refractivity contribution in [2.75, 3.05) is 5.32 Å². The van der Waals surface area contributed by atoms with Gasteiger partial charge in [0.2, 0.25) is 5.89 Å². The normalized spacial score (nSPS) is 15.0. The minimum absolute atomic E-state index is 0.0753. The Morgan fingerprint density at radius 3 is 2.74 bits per heavy atom. The Morgan fingerprint density at radius 2 is 1.96 bits per heavy atom. The lowest BCUT2D eigenvalue weighted by Crippen LogP contribution is -2.13. The van der Waals surface area contributed by atoms with E-state index in [1.165, 1.54) is 6.42 Å². The first kappa shape index (κ1) is 17.7. The maximum absolute atomic E-state index is 12.8. The molecule has 7 nitrogen and oxygen atoms in total. The van der Waals surface area contributed by atoms with Crippen molar-refractivity contribution < 1.29 is 13.7 Å². The first-order valence-corrected chi connectivity index (χ1v) is 9.37. The number of nitrogens with zero attached hydrogens (tertiary/aromatic N) is 3. The average molecular weight is 387 g/mol. The third-order valence-electron chi connectivity index (χ3n) is 4.83. The predicted octanol–water partition coefficient (Wildman–Crippen LogP) is 4.99. The fraction of sp³-hybridized carbons (Fsp3) is 0.368. The number of hydrogen-bond acceptors (Lipinski definition) is 6. The van der Waals surface area contributed by atoms with Crippen molar-refractivity contribution in [3.05, 3.63) is 46.5 Å². The lowest BCUT2D eigenvalue weighted by Gasteiger charge is -2.17. The third kappa shape index (κ3) is 3.60. The van der Waals surface area contributed by atoms with Crippen molar-refractivity contribution in [3.63, 3.8) is 0 Å². The minimum atomic E-state index is -0.428. The van der Waals surface area contributed by atoms with Gasteiger partial charge in [-0.15, -0.1) is 5.10 Å². The first-order chi connectivity index (χ1) is 13.1. The van der Waals surface area contributed by atoms with Crippen LogP contribution in [-0.4, -0.2) is 21.3 Å². The van der Waals surface area contributed by atoms with Gasteiger partial charge in [0.1, 0.15) is 17.0 Å². The molecule has 0 radical (unpaired) electrons. The molecule has 2 heterocycles. The van der Waals surface area contributed by atoms with E-state index < -0.39 is 5.91 Å². The SMILES string of the molecule is Cc1onc(-c2ccccc2Cl)c1C(=O)Nc1nnc(C2CCCCC2)o1. The number of nitrogens with one attached hydrogen (secondary N) is 1. The second-order valence-electron chi connectivity index (χ2n) is 6.68. The van der Waals surface area contributed by atoms with Gasteiger partial charge in [-0.05, 0) is 25.8 Å². The molecule has 1 amide bonds. The number of aryl methyl sites for hydroxylation is 1. The Bertz CT molecular complexity index is 960. The van der Waals surface area contributed by atoms with Gasteiger partial charge in [-0.25, -0.2) is 0 Å². The fourth-order valence-electron chi connectivity index (χ4n) is 3.44. The van der Waals surface area contributed by atoms with Crippen LogP contribution in [0.3, 0.4) is 0 Å². The van der Waals surface area contributed by atoms with Crippen molar-refractivity contribution in [2.24, 2.45) is 0 Å². The Balaban J connectivity index is 1.57.